The SMILES string of the molecule is CCONC(=O)C1(c2ccc(Br)cc2)CC1. The van der Waals surface area contributed by atoms with E-state index in [1.165, 1.54) is 0 Å². The van der Waals surface area contributed by atoms with Crippen LogP contribution in [0.25, 0.3) is 0 Å². The van der Waals surface area contributed by atoms with Gasteiger partial charge < -0.3 is 0 Å². The van der Waals surface area contributed by atoms with Crippen molar-refractivity contribution in [1.29, 1.82) is 0 Å². The van der Waals surface area contributed by atoms with Crippen LogP contribution in [0.2, 0.25) is 0 Å². The minimum Gasteiger partial charge on any atom is -0.274 e. The van der Waals surface area contributed by atoms with E-state index in [1.54, 1.807) is 0 Å². The first-order valence-electron chi connectivity index (χ1n) is 5.37. The van der Waals surface area contributed by atoms with Gasteiger partial charge in [-0.15, -0.1) is 0 Å². The van der Waals surface area contributed by atoms with Crippen LogP contribution >= 0.6 is 15.9 Å². The van der Waals surface area contributed by atoms with Crippen LogP contribution in [0.5, 0.6) is 0 Å². The molecule has 0 radical (unpaired) electrons. The first kappa shape index (κ1) is 11.6. The normalized spacial score (nSPS) is 16.9. The molecule has 1 aliphatic carbocycles. The second-order valence-corrected chi connectivity index (χ2v) is 4.87. The van der Waals surface area contributed by atoms with Crippen LogP contribution in [0.3, 0.4) is 0 Å². The molecule has 0 atom stereocenters. The quantitative estimate of drug-likeness (QED) is 0.863. The number of carbonyl (C=O) groups is 1. The van der Waals surface area contributed by atoms with E-state index < -0.39 is 0 Å². The maximum absolute atomic E-state index is 11.9. The number of hydrogen-bond donors (Lipinski definition) is 1. The molecule has 0 unspecified atom stereocenters. The Balaban J connectivity index is 2.13. The highest BCUT2D eigenvalue weighted by atomic mass is 79.9. The van der Waals surface area contributed by atoms with Crippen molar-refractivity contribution in [3.63, 3.8) is 0 Å². The van der Waals surface area contributed by atoms with Gasteiger partial charge in [0.25, 0.3) is 5.91 Å². The van der Waals surface area contributed by atoms with E-state index in [0.717, 1.165) is 22.9 Å². The molecule has 0 spiro atoms. The highest BCUT2D eigenvalue weighted by Gasteiger charge is 2.51. The maximum Gasteiger partial charge on any atom is 0.254 e. The van der Waals surface area contributed by atoms with Gasteiger partial charge in [-0.3, -0.25) is 9.63 Å². The van der Waals surface area contributed by atoms with E-state index >= 15 is 0 Å². The largest absolute Gasteiger partial charge is 0.274 e. The zero-order valence-corrected chi connectivity index (χ0v) is 10.7. The molecule has 0 aromatic heterocycles. The van der Waals surface area contributed by atoms with Crippen molar-refractivity contribution in [2.24, 2.45) is 0 Å². The van der Waals surface area contributed by atoms with Crippen LogP contribution in [-0.4, -0.2) is 12.5 Å². The van der Waals surface area contributed by atoms with Gasteiger partial charge >= 0.3 is 0 Å². The molecule has 0 aliphatic heterocycles. The molecule has 1 saturated carbocycles. The van der Waals surface area contributed by atoms with Crippen molar-refractivity contribution in [1.82, 2.24) is 5.48 Å². The molecule has 1 aliphatic rings. The number of halogens is 1. The number of hydroxylamine groups is 1. The van der Waals surface area contributed by atoms with Crippen molar-refractivity contribution >= 4 is 21.8 Å². The van der Waals surface area contributed by atoms with Gasteiger partial charge in [-0.2, -0.15) is 0 Å². The van der Waals surface area contributed by atoms with Gasteiger partial charge in [-0.05, 0) is 37.5 Å². The number of rotatable bonds is 4. The summed E-state index contributed by atoms with van der Waals surface area (Å²) in [6.07, 6.45) is 1.79. The van der Waals surface area contributed by atoms with E-state index in [0.29, 0.717) is 6.61 Å². The summed E-state index contributed by atoms with van der Waals surface area (Å²) in [5.41, 5.74) is 3.21. The van der Waals surface area contributed by atoms with Crippen molar-refractivity contribution in [3.05, 3.63) is 34.3 Å². The smallest absolute Gasteiger partial charge is 0.254 e. The third-order valence-electron chi connectivity index (χ3n) is 2.89. The summed E-state index contributed by atoms with van der Waals surface area (Å²) < 4.78 is 1.03. The highest BCUT2D eigenvalue weighted by Crippen LogP contribution is 2.48. The number of amides is 1. The zero-order valence-electron chi connectivity index (χ0n) is 9.13. The summed E-state index contributed by atoms with van der Waals surface area (Å²) in [7, 11) is 0. The van der Waals surface area contributed by atoms with Crippen LogP contribution in [0, 0.1) is 0 Å². The molecule has 0 bridgehead atoms. The predicted molar refractivity (Wildman–Crippen MR) is 64.8 cm³/mol. The molecule has 1 N–H and O–H groups in total. The van der Waals surface area contributed by atoms with Crippen molar-refractivity contribution in [2.45, 2.75) is 25.2 Å². The molecule has 1 fully saturated rings. The van der Waals surface area contributed by atoms with Gasteiger partial charge in [0.2, 0.25) is 0 Å². The molecule has 1 amide bonds. The van der Waals surface area contributed by atoms with E-state index in [2.05, 4.69) is 21.4 Å². The van der Waals surface area contributed by atoms with E-state index in [4.69, 9.17) is 4.84 Å². The lowest BCUT2D eigenvalue weighted by Gasteiger charge is -2.15. The third-order valence-corrected chi connectivity index (χ3v) is 3.42. The molecule has 0 saturated heterocycles. The molecule has 0 heterocycles. The first-order chi connectivity index (χ1) is 7.69. The fraction of sp³-hybridized carbons (Fsp3) is 0.417. The van der Waals surface area contributed by atoms with Crippen molar-refractivity contribution in [2.75, 3.05) is 6.61 Å². The van der Waals surface area contributed by atoms with Crippen LogP contribution in [-0.2, 0) is 15.0 Å². The molecule has 1 aromatic carbocycles. The Bertz CT molecular complexity index is 385. The Morgan fingerprint density at radius 3 is 2.56 bits per heavy atom. The average molecular weight is 284 g/mol. The van der Waals surface area contributed by atoms with Crippen molar-refractivity contribution in [3.8, 4) is 0 Å². The first-order valence-corrected chi connectivity index (χ1v) is 6.16. The molecule has 2 rings (SSSR count). The highest BCUT2D eigenvalue weighted by molar-refractivity contribution is 9.10. The second-order valence-electron chi connectivity index (χ2n) is 3.95. The van der Waals surface area contributed by atoms with Crippen LogP contribution in [0.1, 0.15) is 25.3 Å². The fourth-order valence-electron chi connectivity index (χ4n) is 1.78. The van der Waals surface area contributed by atoms with Crippen LogP contribution < -0.4 is 5.48 Å². The van der Waals surface area contributed by atoms with Gasteiger partial charge in [0.05, 0.1) is 12.0 Å². The molecule has 86 valence electrons. The Hall–Kier alpha value is -0.870. The molecule has 4 heteroatoms. The maximum atomic E-state index is 11.9. The summed E-state index contributed by atoms with van der Waals surface area (Å²) in [5.74, 6) is -0.0309. The number of nitrogens with one attached hydrogen (secondary N) is 1. The summed E-state index contributed by atoms with van der Waals surface area (Å²) >= 11 is 3.39. The topological polar surface area (TPSA) is 38.3 Å². The van der Waals surface area contributed by atoms with Gasteiger partial charge in [0.15, 0.2) is 0 Å². The van der Waals surface area contributed by atoms with Gasteiger partial charge in [0.1, 0.15) is 0 Å². The third kappa shape index (κ3) is 2.13. The average Bonchev–Trinajstić information content (AvgIpc) is 3.08. The Morgan fingerprint density at radius 1 is 1.44 bits per heavy atom. The van der Waals surface area contributed by atoms with E-state index in [1.807, 2.05) is 31.2 Å². The van der Waals surface area contributed by atoms with Crippen LogP contribution in [0.4, 0.5) is 0 Å². The summed E-state index contributed by atoms with van der Waals surface area (Å²) in [6.45, 7) is 2.33. The van der Waals surface area contributed by atoms with E-state index in [-0.39, 0.29) is 11.3 Å². The standard InChI is InChI=1S/C12H14BrNO2/c1-2-16-14-11(15)12(7-8-12)9-3-5-10(13)6-4-9/h3-6H,2,7-8H2,1H3,(H,14,15). The fourth-order valence-corrected chi connectivity index (χ4v) is 2.04. The Kier molecular flexibility index (Phi) is 3.30. The minimum absolute atomic E-state index is 0.0309. The van der Waals surface area contributed by atoms with Crippen LogP contribution in [0.15, 0.2) is 28.7 Å². The lowest BCUT2D eigenvalue weighted by molar-refractivity contribution is -0.135. The molecule has 16 heavy (non-hydrogen) atoms. The molecule has 3 nitrogen and oxygen atoms in total. The molecule has 1 aromatic rings. The minimum atomic E-state index is -0.351. The lowest BCUT2D eigenvalue weighted by atomic mass is 9.95. The number of carbonyl (C=O) groups excluding carboxylic acids is 1. The molecular weight excluding hydrogens is 270 g/mol. The zero-order chi connectivity index (χ0) is 11.6. The van der Waals surface area contributed by atoms with Gasteiger partial charge in [-0.25, -0.2) is 5.48 Å². The Labute approximate surface area is 103 Å². The van der Waals surface area contributed by atoms with Crippen molar-refractivity contribution < 1.29 is 9.63 Å². The Morgan fingerprint density at radius 2 is 2.06 bits per heavy atom. The molecular formula is C12H14BrNO2. The summed E-state index contributed by atoms with van der Waals surface area (Å²) in [5, 5.41) is 0. The van der Waals surface area contributed by atoms with Gasteiger partial charge in [-0.1, -0.05) is 28.1 Å². The monoisotopic (exact) mass is 283 g/mol. The lowest BCUT2D eigenvalue weighted by Crippen LogP contribution is -2.34. The number of hydrogen-bond acceptors (Lipinski definition) is 2. The summed E-state index contributed by atoms with van der Waals surface area (Å²) in [6, 6.07) is 7.90. The number of benzene rings is 1. The summed E-state index contributed by atoms with van der Waals surface area (Å²) in [4.78, 5) is 16.9. The van der Waals surface area contributed by atoms with E-state index in [9.17, 15) is 4.79 Å². The van der Waals surface area contributed by atoms with Gasteiger partial charge in [0, 0.05) is 4.47 Å². The predicted octanol–water partition coefficient (Wildman–Crippen LogP) is 2.55. The second kappa shape index (κ2) is 4.55.